The molecular formula is C11H10O4. The van der Waals surface area contributed by atoms with Crippen LogP contribution in [0.3, 0.4) is 0 Å². The highest BCUT2D eigenvalue weighted by molar-refractivity contribution is 6.09. The van der Waals surface area contributed by atoms with Crippen molar-refractivity contribution in [2.45, 2.75) is 5.92 Å². The van der Waals surface area contributed by atoms with Crippen molar-refractivity contribution in [3.8, 4) is 5.75 Å². The number of benzene rings is 1. The van der Waals surface area contributed by atoms with Gasteiger partial charge in [0.25, 0.3) is 0 Å². The molecule has 1 unspecified atom stereocenters. The van der Waals surface area contributed by atoms with Gasteiger partial charge in [0.1, 0.15) is 11.7 Å². The Morgan fingerprint density at radius 2 is 1.93 bits per heavy atom. The SMILES string of the molecule is COc1ccc(C2C(=O)COC2=O)cc1. The minimum Gasteiger partial charge on any atom is -0.497 e. The second-order valence-corrected chi connectivity index (χ2v) is 3.28. The lowest BCUT2D eigenvalue weighted by Crippen LogP contribution is -2.12. The molecule has 0 bridgehead atoms. The molecule has 0 spiro atoms. The molecular weight excluding hydrogens is 196 g/mol. The van der Waals surface area contributed by atoms with Crippen molar-refractivity contribution in [2.24, 2.45) is 0 Å². The first-order valence-corrected chi connectivity index (χ1v) is 4.55. The first kappa shape index (κ1) is 9.71. The molecule has 2 rings (SSSR count). The van der Waals surface area contributed by atoms with Gasteiger partial charge >= 0.3 is 5.97 Å². The zero-order chi connectivity index (χ0) is 10.8. The third-order valence-electron chi connectivity index (χ3n) is 2.36. The number of ketones is 1. The molecule has 0 aliphatic carbocycles. The molecule has 1 heterocycles. The number of ether oxygens (including phenoxy) is 2. The van der Waals surface area contributed by atoms with Crippen molar-refractivity contribution in [3.05, 3.63) is 29.8 Å². The molecule has 0 amide bonds. The fraction of sp³-hybridized carbons (Fsp3) is 0.273. The number of Topliss-reactive ketones (excluding diaryl/α,β-unsaturated/α-hetero) is 1. The van der Waals surface area contributed by atoms with Crippen LogP contribution in [-0.2, 0) is 14.3 Å². The molecule has 4 heteroatoms. The van der Waals surface area contributed by atoms with E-state index in [0.29, 0.717) is 11.3 Å². The van der Waals surface area contributed by atoms with Crippen LogP contribution in [0.5, 0.6) is 5.75 Å². The van der Waals surface area contributed by atoms with E-state index in [-0.39, 0.29) is 12.4 Å². The van der Waals surface area contributed by atoms with Crippen LogP contribution in [0, 0.1) is 0 Å². The Morgan fingerprint density at radius 1 is 1.27 bits per heavy atom. The summed E-state index contributed by atoms with van der Waals surface area (Å²) in [6, 6.07) is 6.84. The molecule has 15 heavy (non-hydrogen) atoms. The van der Waals surface area contributed by atoms with Crippen molar-refractivity contribution in [1.82, 2.24) is 0 Å². The predicted octanol–water partition coefficient (Wildman–Crippen LogP) is 0.905. The first-order valence-electron chi connectivity index (χ1n) is 4.55. The topological polar surface area (TPSA) is 52.6 Å². The Hall–Kier alpha value is -1.84. The Morgan fingerprint density at radius 3 is 2.40 bits per heavy atom. The Balaban J connectivity index is 2.29. The van der Waals surface area contributed by atoms with Gasteiger partial charge in [-0.1, -0.05) is 12.1 Å². The van der Waals surface area contributed by atoms with Crippen LogP contribution in [0.15, 0.2) is 24.3 Å². The van der Waals surface area contributed by atoms with Crippen LogP contribution in [-0.4, -0.2) is 25.5 Å². The maximum absolute atomic E-state index is 11.4. The normalized spacial score (nSPS) is 20.2. The van der Waals surface area contributed by atoms with Gasteiger partial charge in [0, 0.05) is 0 Å². The van der Waals surface area contributed by atoms with Crippen molar-refractivity contribution < 1.29 is 19.1 Å². The Bertz CT molecular complexity index is 378. The van der Waals surface area contributed by atoms with Gasteiger partial charge in [0.15, 0.2) is 12.4 Å². The fourth-order valence-corrected chi connectivity index (χ4v) is 1.56. The third-order valence-corrected chi connectivity index (χ3v) is 2.36. The van der Waals surface area contributed by atoms with Gasteiger partial charge in [-0.3, -0.25) is 9.59 Å². The van der Waals surface area contributed by atoms with E-state index in [1.54, 1.807) is 31.4 Å². The van der Waals surface area contributed by atoms with E-state index in [9.17, 15) is 9.59 Å². The molecule has 0 radical (unpaired) electrons. The van der Waals surface area contributed by atoms with Crippen LogP contribution >= 0.6 is 0 Å². The van der Waals surface area contributed by atoms with Gasteiger partial charge < -0.3 is 9.47 Å². The summed E-state index contributed by atoms with van der Waals surface area (Å²) in [5, 5.41) is 0. The number of rotatable bonds is 2. The van der Waals surface area contributed by atoms with Gasteiger partial charge in [-0.05, 0) is 17.7 Å². The summed E-state index contributed by atoms with van der Waals surface area (Å²) in [4.78, 5) is 22.6. The van der Waals surface area contributed by atoms with Crippen molar-refractivity contribution >= 4 is 11.8 Å². The van der Waals surface area contributed by atoms with Gasteiger partial charge in [0.05, 0.1) is 7.11 Å². The minimum atomic E-state index is -0.754. The number of hydrogen-bond acceptors (Lipinski definition) is 4. The van der Waals surface area contributed by atoms with Crippen molar-refractivity contribution in [2.75, 3.05) is 13.7 Å². The molecule has 1 aliphatic rings. The molecule has 1 aromatic carbocycles. The molecule has 78 valence electrons. The van der Waals surface area contributed by atoms with E-state index in [1.165, 1.54) is 0 Å². The summed E-state index contributed by atoms with van der Waals surface area (Å²) in [5.74, 6) is -0.719. The largest absolute Gasteiger partial charge is 0.497 e. The summed E-state index contributed by atoms with van der Waals surface area (Å²) in [5.41, 5.74) is 0.656. The van der Waals surface area contributed by atoms with Gasteiger partial charge in [0.2, 0.25) is 0 Å². The second kappa shape index (κ2) is 3.73. The van der Waals surface area contributed by atoms with Crippen LogP contribution in [0.2, 0.25) is 0 Å². The standard InChI is InChI=1S/C11H10O4/c1-14-8-4-2-7(3-5-8)10-9(12)6-15-11(10)13/h2-5,10H,6H2,1H3. The molecule has 0 saturated carbocycles. The molecule has 1 atom stereocenters. The molecule has 1 aliphatic heterocycles. The molecule has 1 fully saturated rings. The minimum absolute atomic E-state index is 0.116. The third kappa shape index (κ3) is 1.70. The van der Waals surface area contributed by atoms with Crippen molar-refractivity contribution in [3.63, 3.8) is 0 Å². The van der Waals surface area contributed by atoms with E-state index in [4.69, 9.17) is 4.74 Å². The van der Waals surface area contributed by atoms with Crippen LogP contribution in [0.1, 0.15) is 11.5 Å². The number of cyclic esters (lactones) is 1. The number of esters is 1. The van der Waals surface area contributed by atoms with Crippen LogP contribution in [0.25, 0.3) is 0 Å². The summed E-state index contributed by atoms with van der Waals surface area (Å²) < 4.78 is 9.65. The number of hydrogen-bond donors (Lipinski definition) is 0. The van der Waals surface area contributed by atoms with Crippen molar-refractivity contribution in [1.29, 1.82) is 0 Å². The predicted molar refractivity (Wildman–Crippen MR) is 51.7 cm³/mol. The highest BCUT2D eigenvalue weighted by atomic mass is 16.5. The van der Waals surface area contributed by atoms with E-state index in [0.717, 1.165) is 0 Å². The Kier molecular flexibility index (Phi) is 2.41. The summed E-state index contributed by atoms with van der Waals surface area (Å²) >= 11 is 0. The molecule has 1 aromatic rings. The highest BCUT2D eigenvalue weighted by Gasteiger charge is 2.36. The zero-order valence-electron chi connectivity index (χ0n) is 8.23. The summed E-state index contributed by atoms with van der Waals surface area (Å²) in [6.07, 6.45) is 0. The van der Waals surface area contributed by atoms with Gasteiger partial charge in [-0.15, -0.1) is 0 Å². The maximum atomic E-state index is 11.4. The molecule has 1 saturated heterocycles. The zero-order valence-corrected chi connectivity index (χ0v) is 8.23. The lowest BCUT2D eigenvalue weighted by Gasteiger charge is -2.05. The van der Waals surface area contributed by atoms with Gasteiger partial charge in [-0.25, -0.2) is 0 Å². The van der Waals surface area contributed by atoms with E-state index >= 15 is 0 Å². The smallest absolute Gasteiger partial charge is 0.321 e. The highest BCUT2D eigenvalue weighted by Crippen LogP contribution is 2.25. The lowest BCUT2D eigenvalue weighted by molar-refractivity contribution is -0.139. The van der Waals surface area contributed by atoms with Crippen LogP contribution < -0.4 is 4.74 Å². The quantitative estimate of drug-likeness (QED) is 0.533. The van der Waals surface area contributed by atoms with E-state index < -0.39 is 11.9 Å². The van der Waals surface area contributed by atoms with E-state index in [2.05, 4.69) is 4.74 Å². The fourth-order valence-electron chi connectivity index (χ4n) is 1.56. The second-order valence-electron chi connectivity index (χ2n) is 3.28. The number of carbonyl (C=O) groups is 2. The van der Waals surface area contributed by atoms with Gasteiger partial charge in [-0.2, -0.15) is 0 Å². The monoisotopic (exact) mass is 206 g/mol. The number of carbonyl (C=O) groups excluding carboxylic acids is 2. The first-order chi connectivity index (χ1) is 7.22. The molecule has 0 N–H and O–H groups in total. The Labute approximate surface area is 86.8 Å². The average Bonchev–Trinajstić information content (AvgIpc) is 2.59. The lowest BCUT2D eigenvalue weighted by atomic mass is 9.97. The summed E-state index contributed by atoms with van der Waals surface area (Å²) in [7, 11) is 1.56. The number of methoxy groups -OCH3 is 1. The molecule has 4 nitrogen and oxygen atoms in total. The van der Waals surface area contributed by atoms with Crippen LogP contribution in [0.4, 0.5) is 0 Å². The summed E-state index contributed by atoms with van der Waals surface area (Å²) in [6.45, 7) is -0.116. The van der Waals surface area contributed by atoms with E-state index in [1.807, 2.05) is 0 Å². The average molecular weight is 206 g/mol. The molecule has 0 aromatic heterocycles. The maximum Gasteiger partial charge on any atom is 0.321 e.